The smallest absolute Gasteiger partial charge is 0.127 e. The SMILES string of the molecule is Clc1ccc(Oc2cccc(C[NH2+]CC[NH+]3CCOCC3)c2)cc1. The van der Waals surface area contributed by atoms with E-state index in [1.807, 2.05) is 36.4 Å². The second-order valence-corrected chi connectivity index (χ2v) is 6.53. The molecule has 1 saturated heterocycles. The average Bonchev–Trinajstić information content (AvgIpc) is 2.62. The van der Waals surface area contributed by atoms with Crippen molar-refractivity contribution in [1.29, 1.82) is 0 Å². The highest BCUT2D eigenvalue weighted by Crippen LogP contribution is 2.23. The van der Waals surface area contributed by atoms with Crippen molar-refractivity contribution in [2.24, 2.45) is 0 Å². The topological polar surface area (TPSA) is 39.5 Å². The molecule has 1 aliphatic rings. The molecular formula is C19H25ClN2O2+2. The predicted molar refractivity (Wildman–Crippen MR) is 94.8 cm³/mol. The molecular weight excluding hydrogens is 324 g/mol. The van der Waals surface area contributed by atoms with Gasteiger partial charge in [0.25, 0.3) is 0 Å². The van der Waals surface area contributed by atoms with E-state index >= 15 is 0 Å². The Labute approximate surface area is 148 Å². The van der Waals surface area contributed by atoms with E-state index in [0.717, 1.165) is 50.9 Å². The van der Waals surface area contributed by atoms with Gasteiger partial charge in [0, 0.05) is 10.6 Å². The molecule has 0 unspecified atom stereocenters. The van der Waals surface area contributed by atoms with E-state index in [-0.39, 0.29) is 0 Å². The third-order valence-electron chi connectivity index (χ3n) is 4.23. The van der Waals surface area contributed by atoms with Crippen molar-refractivity contribution in [1.82, 2.24) is 0 Å². The summed E-state index contributed by atoms with van der Waals surface area (Å²) < 4.78 is 11.3. The van der Waals surface area contributed by atoms with Crippen molar-refractivity contribution in [2.45, 2.75) is 6.54 Å². The Morgan fingerprint density at radius 1 is 1.04 bits per heavy atom. The average molecular weight is 349 g/mol. The standard InChI is InChI=1S/C19H23ClN2O2/c20-17-4-6-18(7-5-17)24-19-3-1-2-16(14-19)15-21-8-9-22-10-12-23-13-11-22/h1-7,14,21H,8-13,15H2/p+2. The van der Waals surface area contributed by atoms with Crippen LogP contribution in [0.25, 0.3) is 0 Å². The highest BCUT2D eigenvalue weighted by Gasteiger charge is 2.13. The summed E-state index contributed by atoms with van der Waals surface area (Å²) in [6, 6.07) is 15.7. The molecule has 2 aromatic carbocycles. The summed E-state index contributed by atoms with van der Waals surface area (Å²) in [6.07, 6.45) is 0. The maximum atomic E-state index is 5.90. The Balaban J connectivity index is 1.45. The van der Waals surface area contributed by atoms with Crippen LogP contribution >= 0.6 is 11.6 Å². The molecule has 0 saturated carbocycles. The van der Waals surface area contributed by atoms with E-state index in [2.05, 4.69) is 17.4 Å². The van der Waals surface area contributed by atoms with Gasteiger partial charge in [-0.05, 0) is 36.4 Å². The van der Waals surface area contributed by atoms with Crippen molar-refractivity contribution in [2.75, 3.05) is 39.4 Å². The molecule has 0 bridgehead atoms. The van der Waals surface area contributed by atoms with Gasteiger partial charge in [-0.15, -0.1) is 0 Å². The van der Waals surface area contributed by atoms with Gasteiger partial charge in [-0.2, -0.15) is 0 Å². The van der Waals surface area contributed by atoms with Crippen LogP contribution in [0.2, 0.25) is 5.02 Å². The Hall–Kier alpha value is -1.59. The number of halogens is 1. The molecule has 1 aliphatic heterocycles. The third-order valence-corrected chi connectivity index (χ3v) is 4.48. The fourth-order valence-electron chi connectivity index (χ4n) is 2.86. The lowest BCUT2D eigenvalue weighted by Crippen LogP contribution is -3.16. The van der Waals surface area contributed by atoms with Gasteiger partial charge < -0.3 is 19.7 Å². The van der Waals surface area contributed by atoms with Crippen LogP contribution < -0.4 is 15.0 Å². The Morgan fingerprint density at radius 3 is 2.62 bits per heavy atom. The van der Waals surface area contributed by atoms with E-state index in [0.29, 0.717) is 5.02 Å². The quantitative estimate of drug-likeness (QED) is 0.736. The lowest BCUT2D eigenvalue weighted by Gasteiger charge is -2.22. The number of benzene rings is 2. The van der Waals surface area contributed by atoms with Crippen molar-refractivity contribution in [3.05, 3.63) is 59.1 Å². The fourth-order valence-corrected chi connectivity index (χ4v) is 2.99. The van der Waals surface area contributed by atoms with Crippen LogP contribution in [0.3, 0.4) is 0 Å². The van der Waals surface area contributed by atoms with Crippen LogP contribution in [-0.4, -0.2) is 39.4 Å². The van der Waals surface area contributed by atoms with Crippen LogP contribution in [0.5, 0.6) is 11.5 Å². The van der Waals surface area contributed by atoms with Crippen molar-refractivity contribution >= 4 is 11.6 Å². The van der Waals surface area contributed by atoms with E-state index in [9.17, 15) is 0 Å². The summed E-state index contributed by atoms with van der Waals surface area (Å²) >= 11 is 5.90. The monoisotopic (exact) mass is 348 g/mol. The van der Waals surface area contributed by atoms with E-state index in [1.54, 1.807) is 4.90 Å². The first-order chi connectivity index (χ1) is 11.8. The van der Waals surface area contributed by atoms with Crippen LogP contribution in [-0.2, 0) is 11.3 Å². The number of hydrogen-bond donors (Lipinski definition) is 2. The van der Waals surface area contributed by atoms with E-state index < -0.39 is 0 Å². The molecule has 0 radical (unpaired) electrons. The first-order valence-electron chi connectivity index (χ1n) is 8.55. The number of quaternary nitrogens is 2. The molecule has 3 N–H and O–H groups in total. The van der Waals surface area contributed by atoms with Gasteiger partial charge in [-0.1, -0.05) is 23.7 Å². The summed E-state index contributed by atoms with van der Waals surface area (Å²) in [5.41, 5.74) is 1.28. The molecule has 0 spiro atoms. The molecule has 0 amide bonds. The Morgan fingerprint density at radius 2 is 1.83 bits per heavy atom. The highest BCUT2D eigenvalue weighted by molar-refractivity contribution is 6.30. The fraction of sp³-hybridized carbons (Fsp3) is 0.368. The van der Waals surface area contributed by atoms with Crippen LogP contribution in [0.1, 0.15) is 5.56 Å². The minimum atomic E-state index is 0.716. The van der Waals surface area contributed by atoms with Gasteiger partial charge >= 0.3 is 0 Å². The van der Waals surface area contributed by atoms with E-state index in [4.69, 9.17) is 21.1 Å². The summed E-state index contributed by atoms with van der Waals surface area (Å²) in [5.74, 6) is 1.67. The molecule has 5 heteroatoms. The van der Waals surface area contributed by atoms with Gasteiger partial charge in [-0.25, -0.2) is 0 Å². The largest absolute Gasteiger partial charge is 0.457 e. The number of nitrogens with two attached hydrogens (primary N) is 1. The minimum absolute atomic E-state index is 0.716. The second kappa shape index (κ2) is 9.04. The van der Waals surface area contributed by atoms with Gasteiger partial charge in [-0.3, -0.25) is 0 Å². The molecule has 0 aromatic heterocycles. The lowest BCUT2D eigenvalue weighted by molar-refractivity contribution is -0.920. The molecule has 1 fully saturated rings. The van der Waals surface area contributed by atoms with Crippen molar-refractivity contribution in [3.8, 4) is 11.5 Å². The molecule has 4 nitrogen and oxygen atoms in total. The predicted octanol–water partition coefficient (Wildman–Crippen LogP) is 1.11. The number of nitrogens with one attached hydrogen (secondary N) is 1. The number of ether oxygens (including phenoxy) is 2. The molecule has 24 heavy (non-hydrogen) atoms. The third kappa shape index (κ3) is 5.49. The second-order valence-electron chi connectivity index (χ2n) is 6.10. The summed E-state index contributed by atoms with van der Waals surface area (Å²) in [6.45, 7) is 7.39. The van der Waals surface area contributed by atoms with Gasteiger partial charge in [0.15, 0.2) is 0 Å². The van der Waals surface area contributed by atoms with E-state index in [1.165, 1.54) is 12.1 Å². The first-order valence-corrected chi connectivity index (χ1v) is 8.93. The summed E-state index contributed by atoms with van der Waals surface area (Å²) in [7, 11) is 0. The molecule has 1 heterocycles. The van der Waals surface area contributed by atoms with Crippen LogP contribution in [0, 0.1) is 0 Å². The highest BCUT2D eigenvalue weighted by atomic mass is 35.5. The minimum Gasteiger partial charge on any atom is -0.457 e. The van der Waals surface area contributed by atoms with Gasteiger partial charge in [0.1, 0.15) is 44.2 Å². The maximum Gasteiger partial charge on any atom is 0.127 e. The van der Waals surface area contributed by atoms with Crippen molar-refractivity contribution < 1.29 is 19.7 Å². The number of rotatable bonds is 7. The molecule has 3 rings (SSSR count). The molecule has 0 aliphatic carbocycles. The number of hydrogen-bond acceptors (Lipinski definition) is 2. The molecule has 0 atom stereocenters. The zero-order chi connectivity index (χ0) is 16.6. The summed E-state index contributed by atoms with van der Waals surface area (Å²) in [4.78, 5) is 1.65. The maximum absolute atomic E-state index is 5.90. The van der Waals surface area contributed by atoms with Crippen LogP contribution in [0.15, 0.2) is 48.5 Å². The zero-order valence-electron chi connectivity index (χ0n) is 13.8. The van der Waals surface area contributed by atoms with Crippen molar-refractivity contribution in [3.63, 3.8) is 0 Å². The zero-order valence-corrected chi connectivity index (χ0v) is 14.6. The first kappa shape index (κ1) is 17.2. The molecule has 128 valence electrons. The summed E-state index contributed by atoms with van der Waals surface area (Å²) in [5, 5.41) is 3.08. The van der Waals surface area contributed by atoms with Gasteiger partial charge in [0.2, 0.25) is 0 Å². The van der Waals surface area contributed by atoms with Crippen LogP contribution in [0.4, 0.5) is 0 Å². The lowest BCUT2D eigenvalue weighted by atomic mass is 10.2. The number of morpholine rings is 1. The normalized spacial score (nSPS) is 15.4. The molecule has 2 aromatic rings. The Kier molecular flexibility index (Phi) is 6.49. The van der Waals surface area contributed by atoms with Gasteiger partial charge in [0.05, 0.1) is 13.2 Å². The Bertz CT molecular complexity index is 628.